The highest BCUT2D eigenvalue weighted by molar-refractivity contribution is 5.89. The molecule has 0 saturated heterocycles. The Bertz CT molecular complexity index is 779. The third kappa shape index (κ3) is 3.15. The third-order valence-electron chi connectivity index (χ3n) is 4.19. The van der Waals surface area contributed by atoms with Crippen LogP contribution < -0.4 is 15.0 Å². The van der Waals surface area contributed by atoms with E-state index in [9.17, 15) is 4.79 Å². The Morgan fingerprint density at radius 1 is 1.08 bits per heavy atom. The minimum atomic E-state index is 0.0574. The van der Waals surface area contributed by atoms with Crippen LogP contribution in [-0.4, -0.2) is 19.0 Å². The lowest BCUT2D eigenvalue weighted by Crippen LogP contribution is -2.49. The van der Waals surface area contributed by atoms with Gasteiger partial charge in [0.25, 0.3) is 0 Å². The molecular weight excluding hydrogens is 300 g/mol. The van der Waals surface area contributed by atoms with Crippen LogP contribution in [0.25, 0.3) is 0 Å². The molecule has 0 bridgehead atoms. The summed E-state index contributed by atoms with van der Waals surface area (Å²) in [6, 6.07) is 17.3. The monoisotopic (exact) mass is 321 g/mol. The Labute approximate surface area is 142 Å². The first kappa shape index (κ1) is 16.2. The van der Waals surface area contributed by atoms with Crippen LogP contribution in [0.15, 0.2) is 78.5 Å². The number of nitrogens with zero attached hydrogens (tertiary/aromatic N) is 1. The van der Waals surface area contributed by atoms with E-state index in [1.807, 2.05) is 72.9 Å². The lowest BCUT2D eigenvalue weighted by atomic mass is 10.1. The zero-order valence-corrected chi connectivity index (χ0v) is 13.7. The van der Waals surface area contributed by atoms with Crippen LogP contribution in [0.4, 0.5) is 5.69 Å². The number of para-hydroxylation sites is 1. The molecule has 24 heavy (non-hydrogen) atoms. The van der Waals surface area contributed by atoms with Crippen LogP contribution in [0.1, 0.15) is 6.92 Å². The van der Waals surface area contributed by atoms with Gasteiger partial charge in [-0.3, -0.25) is 0 Å². The summed E-state index contributed by atoms with van der Waals surface area (Å²) < 4.78 is 5.96. The van der Waals surface area contributed by atoms with Crippen LogP contribution >= 0.6 is 0 Å². The minimum absolute atomic E-state index is 0.0574. The van der Waals surface area contributed by atoms with Crippen LogP contribution in [0.3, 0.4) is 0 Å². The fourth-order valence-corrected chi connectivity index (χ4v) is 2.86. The van der Waals surface area contributed by atoms with Gasteiger partial charge in [0, 0.05) is 24.3 Å². The van der Waals surface area contributed by atoms with Gasteiger partial charge < -0.3 is 10.5 Å². The summed E-state index contributed by atoms with van der Waals surface area (Å²) in [7, 11) is 0. The highest BCUT2D eigenvalue weighted by Gasteiger charge is 2.35. The fourth-order valence-electron chi connectivity index (χ4n) is 2.86. The van der Waals surface area contributed by atoms with Crippen LogP contribution in [0.5, 0.6) is 11.5 Å². The topological polar surface area (TPSA) is 52.3 Å². The zero-order valence-electron chi connectivity index (χ0n) is 13.7. The predicted molar refractivity (Wildman–Crippen MR) is 96.6 cm³/mol. The third-order valence-corrected chi connectivity index (χ3v) is 4.19. The molecule has 0 aliphatic carbocycles. The van der Waals surface area contributed by atoms with Gasteiger partial charge in [-0.15, -0.1) is 0 Å². The number of nitrogens with two attached hydrogens (primary N) is 1. The van der Waals surface area contributed by atoms with Crippen molar-refractivity contribution in [2.75, 3.05) is 13.1 Å². The molecule has 1 atom stereocenters. The molecule has 4 heteroatoms. The highest BCUT2D eigenvalue weighted by atomic mass is 16.5. The van der Waals surface area contributed by atoms with E-state index in [0.29, 0.717) is 13.1 Å². The Kier molecular flexibility index (Phi) is 4.60. The normalized spacial score (nSPS) is 19.7. The number of amides is 1. The maximum absolute atomic E-state index is 12.4. The second-order valence-corrected chi connectivity index (χ2v) is 5.79. The van der Waals surface area contributed by atoms with E-state index < -0.39 is 0 Å². The summed E-state index contributed by atoms with van der Waals surface area (Å²) in [5.74, 6) is 1.58. The summed E-state index contributed by atoms with van der Waals surface area (Å²) in [6.45, 7) is 2.62. The Hall–Kier alpha value is -2.69. The van der Waals surface area contributed by atoms with Crippen molar-refractivity contribution >= 4 is 11.6 Å². The number of carbonyl (C=O) groups excluding carboxylic acids is 1. The molecule has 122 valence electrons. The average molecular weight is 321 g/mol. The summed E-state index contributed by atoms with van der Waals surface area (Å²) >= 11 is 0. The standard InChI is InChI=1S/C20H21N2O2/c1-16(23)22(13-5-6-17(14-21)15-22)18-9-11-20(12-10-18)24-19-7-3-2-4-8-19/h2-12,15H,13-14,21H2,1H3/q+1. The Balaban J connectivity index is 1.89. The molecule has 1 aliphatic rings. The quantitative estimate of drug-likeness (QED) is 0.873. The van der Waals surface area contributed by atoms with Gasteiger partial charge >= 0.3 is 5.91 Å². The number of ether oxygens (including phenoxy) is 1. The largest absolute Gasteiger partial charge is 0.457 e. The molecule has 2 aromatic rings. The summed E-state index contributed by atoms with van der Waals surface area (Å²) in [5.41, 5.74) is 7.61. The van der Waals surface area contributed by atoms with Crippen LogP contribution in [0, 0.1) is 0 Å². The minimum Gasteiger partial charge on any atom is -0.457 e. The smallest absolute Gasteiger partial charge is 0.320 e. The molecule has 1 unspecified atom stereocenters. The summed E-state index contributed by atoms with van der Waals surface area (Å²) in [5, 5.41) is 0. The van der Waals surface area contributed by atoms with E-state index in [4.69, 9.17) is 10.5 Å². The Morgan fingerprint density at radius 2 is 1.75 bits per heavy atom. The van der Waals surface area contributed by atoms with Crippen molar-refractivity contribution < 1.29 is 9.53 Å². The van der Waals surface area contributed by atoms with Crippen molar-refractivity contribution in [2.45, 2.75) is 6.92 Å². The Morgan fingerprint density at radius 3 is 2.38 bits per heavy atom. The van der Waals surface area contributed by atoms with Crippen molar-refractivity contribution in [3.05, 3.63) is 78.5 Å². The lowest BCUT2D eigenvalue weighted by Gasteiger charge is -2.32. The van der Waals surface area contributed by atoms with Crippen molar-refractivity contribution in [3.63, 3.8) is 0 Å². The van der Waals surface area contributed by atoms with E-state index in [1.54, 1.807) is 6.92 Å². The van der Waals surface area contributed by atoms with Crippen molar-refractivity contribution in [1.29, 1.82) is 0 Å². The lowest BCUT2D eigenvalue weighted by molar-refractivity contribution is -0.125. The number of benzene rings is 2. The molecule has 3 rings (SSSR count). The van der Waals surface area contributed by atoms with Gasteiger partial charge in [0.1, 0.15) is 29.9 Å². The van der Waals surface area contributed by atoms with E-state index in [1.165, 1.54) is 0 Å². The van der Waals surface area contributed by atoms with E-state index in [2.05, 4.69) is 0 Å². The van der Waals surface area contributed by atoms with Gasteiger partial charge in [-0.1, -0.05) is 24.3 Å². The maximum atomic E-state index is 12.4. The van der Waals surface area contributed by atoms with Gasteiger partial charge in [0.15, 0.2) is 0 Å². The van der Waals surface area contributed by atoms with Crippen molar-refractivity contribution in [3.8, 4) is 11.5 Å². The molecule has 1 amide bonds. The van der Waals surface area contributed by atoms with Gasteiger partial charge in [-0.05, 0) is 30.3 Å². The number of hydrogen-bond acceptors (Lipinski definition) is 3. The second-order valence-electron chi connectivity index (χ2n) is 5.79. The van der Waals surface area contributed by atoms with Gasteiger partial charge in [0.05, 0.1) is 6.92 Å². The van der Waals surface area contributed by atoms with E-state index in [-0.39, 0.29) is 10.4 Å². The predicted octanol–water partition coefficient (Wildman–Crippen LogP) is 3.75. The van der Waals surface area contributed by atoms with Crippen LogP contribution in [-0.2, 0) is 4.79 Å². The average Bonchev–Trinajstić information content (AvgIpc) is 2.63. The fraction of sp³-hybridized carbons (Fsp3) is 0.150. The highest BCUT2D eigenvalue weighted by Crippen LogP contribution is 2.31. The zero-order chi connectivity index (χ0) is 17.0. The molecule has 1 heterocycles. The SMILES string of the molecule is CC(=O)[N+]1(c2ccc(Oc3ccccc3)cc2)C=C(CN)C=CC1. The van der Waals surface area contributed by atoms with E-state index in [0.717, 1.165) is 22.8 Å². The van der Waals surface area contributed by atoms with Gasteiger partial charge in [-0.2, -0.15) is 4.48 Å². The molecule has 0 aromatic heterocycles. The molecular formula is C20H21N2O2+. The van der Waals surface area contributed by atoms with Gasteiger partial charge in [-0.25, -0.2) is 4.79 Å². The second kappa shape index (κ2) is 6.83. The number of quaternary nitrogens is 1. The first-order valence-corrected chi connectivity index (χ1v) is 7.95. The molecule has 0 saturated carbocycles. The van der Waals surface area contributed by atoms with E-state index >= 15 is 0 Å². The summed E-state index contributed by atoms with van der Waals surface area (Å²) in [6.07, 6.45) is 5.92. The number of rotatable bonds is 4. The van der Waals surface area contributed by atoms with Crippen LogP contribution in [0.2, 0.25) is 0 Å². The first-order valence-electron chi connectivity index (χ1n) is 7.95. The first-order chi connectivity index (χ1) is 11.6. The molecule has 4 nitrogen and oxygen atoms in total. The molecule has 0 spiro atoms. The van der Waals surface area contributed by atoms with Gasteiger partial charge in [0.2, 0.25) is 0 Å². The molecule has 0 fully saturated rings. The molecule has 1 aliphatic heterocycles. The number of hydrogen-bond donors (Lipinski definition) is 1. The molecule has 2 N–H and O–H groups in total. The maximum Gasteiger partial charge on any atom is 0.320 e. The summed E-state index contributed by atoms with van der Waals surface area (Å²) in [4.78, 5) is 12.4. The molecule has 2 aromatic carbocycles. The van der Waals surface area contributed by atoms with Crippen molar-refractivity contribution in [2.24, 2.45) is 5.73 Å². The number of carbonyl (C=O) groups is 1. The van der Waals surface area contributed by atoms with Crippen molar-refractivity contribution in [1.82, 2.24) is 4.48 Å². The molecule has 0 radical (unpaired) electrons.